The van der Waals surface area contributed by atoms with E-state index >= 15 is 0 Å². The molecule has 1 heterocycles. The predicted molar refractivity (Wildman–Crippen MR) is 62.0 cm³/mol. The first-order chi connectivity index (χ1) is 8.18. The molecule has 0 aliphatic carbocycles. The molecule has 6 nitrogen and oxygen atoms in total. The van der Waals surface area contributed by atoms with Gasteiger partial charge in [-0.3, -0.25) is 10.1 Å². The minimum absolute atomic E-state index is 0.0636. The van der Waals surface area contributed by atoms with E-state index in [-0.39, 0.29) is 17.5 Å². The molecule has 92 valence electrons. The van der Waals surface area contributed by atoms with E-state index in [9.17, 15) is 10.1 Å². The molecule has 1 aliphatic heterocycles. The molecule has 1 aromatic rings. The fourth-order valence-electron chi connectivity index (χ4n) is 1.78. The Morgan fingerprint density at radius 1 is 1.59 bits per heavy atom. The Morgan fingerprint density at radius 3 is 3.06 bits per heavy atom. The van der Waals surface area contributed by atoms with Crippen LogP contribution in [0.2, 0.25) is 0 Å². The highest BCUT2D eigenvalue weighted by Gasteiger charge is 2.19. The summed E-state index contributed by atoms with van der Waals surface area (Å²) in [5, 5.41) is 10.7. The van der Waals surface area contributed by atoms with E-state index in [0.717, 1.165) is 19.4 Å². The molecule has 0 saturated carbocycles. The van der Waals surface area contributed by atoms with Crippen molar-refractivity contribution in [2.45, 2.75) is 18.9 Å². The second-order valence-corrected chi connectivity index (χ2v) is 3.89. The summed E-state index contributed by atoms with van der Waals surface area (Å²) in [4.78, 5) is 10.2. The van der Waals surface area contributed by atoms with E-state index in [2.05, 4.69) is 0 Å². The van der Waals surface area contributed by atoms with Gasteiger partial charge in [-0.25, -0.2) is 0 Å². The minimum atomic E-state index is -0.520. The van der Waals surface area contributed by atoms with E-state index in [0.29, 0.717) is 12.4 Å². The number of nitro groups is 1. The van der Waals surface area contributed by atoms with Crippen molar-refractivity contribution in [3.05, 3.63) is 28.3 Å². The van der Waals surface area contributed by atoms with Gasteiger partial charge in [-0.2, -0.15) is 0 Å². The summed E-state index contributed by atoms with van der Waals surface area (Å²) in [5.74, 6) is 0.342. The van der Waals surface area contributed by atoms with Crippen molar-refractivity contribution in [3.8, 4) is 5.75 Å². The van der Waals surface area contributed by atoms with Gasteiger partial charge in [-0.05, 0) is 18.9 Å². The summed E-state index contributed by atoms with van der Waals surface area (Å²) in [6.45, 7) is 1.13. The maximum Gasteiger partial charge on any atom is 0.295 e. The number of rotatable bonds is 4. The second-order valence-electron chi connectivity index (χ2n) is 3.89. The zero-order chi connectivity index (χ0) is 12.3. The fraction of sp³-hybridized carbons (Fsp3) is 0.455. The van der Waals surface area contributed by atoms with Gasteiger partial charge in [0.1, 0.15) is 12.4 Å². The average molecular weight is 238 g/mol. The Morgan fingerprint density at radius 2 is 2.41 bits per heavy atom. The SMILES string of the molecule is Nc1c(OCC2CCCO2)cccc1[N+](=O)[O-]. The van der Waals surface area contributed by atoms with Gasteiger partial charge in [0.25, 0.3) is 5.69 Å². The Hall–Kier alpha value is -1.82. The third-order valence-electron chi connectivity index (χ3n) is 2.69. The van der Waals surface area contributed by atoms with E-state index in [1.54, 1.807) is 12.1 Å². The Bertz CT molecular complexity index is 416. The van der Waals surface area contributed by atoms with Crippen LogP contribution < -0.4 is 10.5 Å². The lowest BCUT2D eigenvalue weighted by Crippen LogP contribution is -2.16. The summed E-state index contributed by atoms with van der Waals surface area (Å²) < 4.78 is 10.8. The molecule has 6 heteroatoms. The maximum absolute atomic E-state index is 10.7. The molecule has 2 N–H and O–H groups in total. The van der Waals surface area contributed by atoms with Gasteiger partial charge in [0.2, 0.25) is 0 Å². The summed E-state index contributed by atoms with van der Waals surface area (Å²) >= 11 is 0. The maximum atomic E-state index is 10.7. The van der Waals surface area contributed by atoms with Crippen LogP contribution in [0.25, 0.3) is 0 Å². The number of nitro benzene ring substituents is 1. The first kappa shape index (κ1) is 11.7. The first-order valence-corrected chi connectivity index (χ1v) is 5.46. The predicted octanol–water partition coefficient (Wildman–Crippen LogP) is 1.73. The molecule has 1 aromatic carbocycles. The summed E-state index contributed by atoms with van der Waals surface area (Å²) in [6.07, 6.45) is 2.04. The van der Waals surface area contributed by atoms with Crippen LogP contribution in [0.5, 0.6) is 5.75 Å². The number of anilines is 1. The molecule has 1 unspecified atom stereocenters. The van der Waals surface area contributed by atoms with Crippen LogP contribution >= 0.6 is 0 Å². The van der Waals surface area contributed by atoms with Crippen LogP contribution in [0.1, 0.15) is 12.8 Å². The van der Waals surface area contributed by atoms with Crippen LogP contribution in [-0.2, 0) is 4.74 Å². The van der Waals surface area contributed by atoms with E-state index in [1.165, 1.54) is 6.07 Å². The summed E-state index contributed by atoms with van der Waals surface area (Å²) in [7, 11) is 0. The number of benzene rings is 1. The van der Waals surface area contributed by atoms with Gasteiger partial charge in [-0.1, -0.05) is 6.07 Å². The molecular weight excluding hydrogens is 224 g/mol. The van der Waals surface area contributed by atoms with Gasteiger partial charge in [-0.15, -0.1) is 0 Å². The standard InChI is InChI=1S/C11H14N2O4/c12-11-9(13(14)15)4-1-5-10(11)17-7-8-3-2-6-16-8/h1,4-5,8H,2-3,6-7,12H2. The van der Waals surface area contributed by atoms with Crippen LogP contribution in [-0.4, -0.2) is 24.2 Å². The molecule has 1 aliphatic rings. The van der Waals surface area contributed by atoms with Crippen molar-refractivity contribution in [3.63, 3.8) is 0 Å². The third-order valence-corrected chi connectivity index (χ3v) is 2.69. The quantitative estimate of drug-likeness (QED) is 0.490. The van der Waals surface area contributed by atoms with Crippen LogP contribution in [0.15, 0.2) is 18.2 Å². The Balaban J connectivity index is 2.04. The van der Waals surface area contributed by atoms with E-state index < -0.39 is 4.92 Å². The summed E-state index contributed by atoms with van der Waals surface area (Å²) in [5.41, 5.74) is 5.60. The van der Waals surface area contributed by atoms with Crippen molar-refractivity contribution < 1.29 is 14.4 Å². The van der Waals surface area contributed by atoms with Crippen LogP contribution in [0.3, 0.4) is 0 Å². The number of para-hydroxylation sites is 1. The Labute approximate surface area is 98.5 Å². The number of nitrogens with two attached hydrogens (primary N) is 1. The van der Waals surface area contributed by atoms with Gasteiger partial charge < -0.3 is 15.2 Å². The molecule has 1 atom stereocenters. The largest absolute Gasteiger partial charge is 0.488 e. The molecule has 0 aromatic heterocycles. The topological polar surface area (TPSA) is 87.6 Å². The molecule has 17 heavy (non-hydrogen) atoms. The molecule has 0 amide bonds. The molecule has 0 bridgehead atoms. The number of nitrogen functional groups attached to an aromatic ring is 1. The van der Waals surface area contributed by atoms with Crippen molar-refractivity contribution >= 4 is 11.4 Å². The van der Waals surface area contributed by atoms with Gasteiger partial charge in [0.05, 0.1) is 11.0 Å². The molecule has 1 saturated heterocycles. The number of ether oxygens (including phenoxy) is 2. The highest BCUT2D eigenvalue weighted by atomic mass is 16.6. The normalized spacial score (nSPS) is 19.2. The van der Waals surface area contributed by atoms with Crippen molar-refractivity contribution in [1.82, 2.24) is 0 Å². The minimum Gasteiger partial charge on any atom is -0.488 e. The molecule has 1 fully saturated rings. The molecule has 2 rings (SSSR count). The van der Waals surface area contributed by atoms with E-state index in [4.69, 9.17) is 15.2 Å². The monoisotopic (exact) mass is 238 g/mol. The highest BCUT2D eigenvalue weighted by Crippen LogP contribution is 2.31. The Kier molecular flexibility index (Phi) is 3.43. The zero-order valence-electron chi connectivity index (χ0n) is 9.30. The van der Waals surface area contributed by atoms with Gasteiger partial charge in [0, 0.05) is 12.7 Å². The van der Waals surface area contributed by atoms with Crippen molar-refractivity contribution in [2.24, 2.45) is 0 Å². The molecular formula is C11H14N2O4. The first-order valence-electron chi connectivity index (χ1n) is 5.46. The van der Waals surface area contributed by atoms with Crippen LogP contribution in [0, 0.1) is 10.1 Å². The molecule has 0 spiro atoms. The summed E-state index contributed by atoms with van der Waals surface area (Å²) in [6, 6.07) is 4.53. The second kappa shape index (κ2) is 5.01. The smallest absolute Gasteiger partial charge is 0.295 e. The van der Waals surface area contributed by atoms with Crippen LogP contribution in [0.4, 0.5) is 11.4 Å². The van der Waals surface area contributed by atoms with Crippen molar-refractivity contribution in [1.29, 1.82) is 0 Å². The third kappa shape index (κ3) is 2.65. The van der Waals surface area contributed by atoms with E-state index in [1.807, 2.05) is 0 Å². The number of hydrogen-bond donors (Lipinski definition) is 1. The lowest BCUT2D eigenvalue weighted by molar-refractivity contribution is -0.384. The number of nitrogens with zero attached hydrogens (tertiary/aromatic N) is 1. The highest BCUT2D eigenvalue weighted by molar-refractivity contribution is 5.66. The lowest BCUT2D eigenvalue weighted by atomic mass is 10.2. The van der Waals surface area contributed by atoms with Crippen molar-refractivity contribution in [2.75, 3.05) is 18.9 Å². The van der Waals surface area contributed by atoms with Gasteiger partial charge >= 0.3 is 0 Å². The average Bonchev–Trinajstić information content (AvgIpc) is 2.80. The fourth-order valence-corrected chi connectivity index (χ4v) is 1.78. The lowest BCUT2D eigenvalue weighted by Gasteiger charge is -2.12. The molecule has 0 radical (unpaired) electrons. The zero-order valence-corrected chi connectivity index (χ0v) is 9.30. The van der Waals surface area contributed by atoms with Gasteiger partial charge in [0.15, 0.2) is 5.69 Å². The number of hydrogen-bond acceptors (Lipinski definition) is 5.